The predicted molar refractivity (Wildman–Crippen MR) is 79.3 cm³/mol. The highest BCUT2D eigenvalue weighted by Crippen LogP contribution is 2.25. The van der Waals surface area contributed by atoms with Gasteiger partial charge in [-0.15, -0.1) is 0 Å². The normalized spacial score (nSPS) is 10.3. The summed E-state index contributed by atoms with van der Waals surface area (Å²) in [5.41, 5.74) is 1.63. The van der Waals surface area contributed by atoms with E-state index in [2.05, 4.69) is 6.07 Å². The molecular formula is C15H12Cl2N2O. The van der Waals surface area contributed by atoms with Gasteiger partial charge in [0.05, 0.1) is 17.5 Å². The maximum atomic E-state index is 12.6. The summed E-state index contributed by atoms with van der Waals surface area (Å²) in [6, 6.07) is 10.5. The Hall–Kier alpha value is -1.76. The monoisotopic (exact) mass is 306 g/mol. The fourth-order valence-electron chi connectivity index (χ4n) is 2.15. The van der Waals surface area contributed by atoms with Crippen molar-refractivity contribution in [1.82, 2.24) is 4.57 Å². The average molecular weight is 307 g/mol. The largest absolute Gasteiger partial charge is 0.340 e. The summed E-state index contributed by atoms with van der Waals surface area (Å²) in [5.74, 6) is -0.191. The molecule has 20 heavy (non-hydrogen) atoms. The van der Waals surface area contributed by atoms with Gasteiger partial charge < -0.3 is 4.57 Å². The molecule has 0 spiro atoms. The molecule has 0 saturated carbocycles. The minimum absolute atomic E-state index is 0.191. The third-order valence-electron chi connectivity index (χ3n) is 3.01. The molecule has 3 nitrogen and oxygen atoms in total. The molecule has 1 aromatic heterocycles. The van der Waals surface area contributed by atoms with Crippen molar-refractivity contribution in [3.8, 4) is 6.07 Å². The van der Waals surface area contributed by atoms with Crippen LogP contribution in [0.25, 0.3) is 0 Å². The van der Waals surface area contributed by atoms with Gasteiger partial charge >= 0.3 is 0 Å². The molecule has 0 fully saturated rings. The van der Waals surface area contributed by atoms with Gasteiger partial charge in [-0.2, -0.15) is 5.26 Å². The second kappa shape index (κ2) is 6.13. The molecule has 0 aliphatic carbocycles. The van der Waals surface area contributed by atoms with E-state index in [-0.39, 0.29) is 12.2 Å². The summed E-state index contributed by atoms with van der Waals surface area (Å²) in [6.45, 7) is 2.48. The van der Waals surface area contributed by atoms with Gasteiger partial charge in [0, 0.05) is 22.8 Å². The van der Waals surface area contributed by atoms with Crippen LogP contribution in [-0.2, 0) is 13.0 Å². The second-order valence-electron chi connectivity index (χ2n) is 4.25. The van der Waals surface area contributed by atoms with E-state index in [9.17, 15) is 4.79 Å². The van der Waals surface area contributed by atoms with Crippen molar-refractivity contribution >= 4 is 29.0 Å². The Morgan fingerprint density at radius 3 is 2.70 bits per heavy atom. The van der Waals surface area contributed by atoms with Crippen molar-refractivity contribution < 1.29 is 4.79 Å². The summed E-state index contributed by atoms with van der Waals surface area (Å²) in [7, 11) is 0. The SMILES string of the molecule is CCn1c(CC#N)cc(Cl)c1C(=O)c1cccc(Cl)c1. The van der Waals surface area contributed by atoms with Crippen LogP contribution in [-0.4, -0.2) is 10.4 Å². The number of carbonyl (C=O) groups excluding carboxylic acids is 1. The standard InChI is InChI=1S/C15H12Cl2N2O/c1-2-19-12(6-7-18)9-13(17)14(19)15(20)10-4-3-5-11(16)8-10/h3-5,8-9H,2,6H2,1H3. The van der Waals surface area contributed by atoms with Crippen molar-refractivity contribution in [1.29, 1.82) is 5.26 Å². The first-order valence-corrected chi connectivity index (χ1v) is 6.89. The molecule has 0 aliphatic rings. The van der Waals surface area contributed by atoms with E-state index in [0.29, 0.717) is 27.8 Å². The summed E-state index contributed by atoms with van der Waals surface area (Å²) in [5, 5.41) is 9.68. The molecule has 2 aromatic rings. The smallest absolute Gasteiger partial charge is 0.210 e. The van der Waals surface area contributed by atoms with E-state index in [1.165, 1.54) is 0 Å². The van der Waals surface area contributed by atoms with Crippen LogP contribution in [0.2, 0.25) is 10.0 Å². The molecular weight excluding hydrogens is 295 g/mol. The van der Waals surface area contributed by atoms with Crippen LogP contribution in [0, 0.1) is 11.3 Å². The zero-order valence-corrected chi connectivity index (χ0v) is 12.4. The van der Waals surface area contributed by atoms with Gasteiger partial charge in [0.15, 0.2) is 0 Å². The van der Waals surface area contributed by atoms with Crippen LogP contribution in [0.3, 0.4) is 0 Å². The molecule has 0 N–H and O–H groups in total. The van der Waals surface area contributed by atoms with Crippen LogP contribution >= 0.6 is 23.2 Å². The Bertz CT molecular complexity index is 698. The van der Waals surface area contributed by atoms with Crippen LogP contribution in [0.4, 0.5) is 0 Å². The van der Waals surface area contributed by atoms with E-state index < -0.39 is 0 Å². The van der Waals surface area contributed by atoms with Crippen molar-refractivity contribution in [2.45, 2.75) is 19.9 Å². The van der Waals surface area contributed by atoms with Gasteiger partial charge in [-0.25, -0.2) is 0 Å². The molecule has 0 saturated heterocycles. The number of hydrogen-bond acceptors (Lipinski definition) is 2. The summed E-state index contributed by atoms with van der Waals surface area (Å²) < 4.78 is 1.77. The minimum atomic E-state index is -0.191. The molecule has 0 atom stereocenters. The van der Waals surface area contributed by atoms with Gasteiger partial charge in [0.25, 0.3) is 0 Å². The molecule has 0 bridgehead atoms. The Kier molecular flexibility index (Phi) is 4.49. The fourth-order valence-corrected chi connectivity index (χ4v) is 2.66. The number of halogens is 2. The first kappa shape index (κ1) is 14.6. The number of nitriles is 1. The topological polar surface area (TPSA) is 45.8 Å². The number of ketones is 1. The van der Waals surface area contributed by atoms with Gasteiger partial charge in [-0.05, 0) is 25.1 Å². The van der Waals surface area contributed by atoms with E-state index in [1.54, 1.807) is 34.9 Å². The van der Waals surface area contributed by atoms with E-state index in [1.807, 2.05) is 6.92 Å². The van der Waals surface area contributed by atoms with Gasteiger partial charge in [-0.3, -0.25) is 4.79 Å². The minimum Gasteiger partial charge on any atom is -0.340 e. The summed E-state index contributed by atoms with van der Waals surface area (Å²) in [6.07, 6.45) is 0.219. The van der Waals surface area contributed by atoms with E-state index >= 15 is 0 Å². The lowest BCUT2D eigenvalue weighted by Gasteiger charge is -2.09. The number of rotatable bonds is 4. The van der Waals surface area contributed by atoms with Gasteiger partial charge in [-0.1, -0.05) is 35.3 Å². The lowest BCUT2D eigenvalue weighted by Crippen LogP contribution is -2.12. The number of aromatic nitrogens is 1. The lowest BCUT2D eigenvalue weighted by molar-refractivity contribution is 0.103. The van der Waals surface area contributed by atoms with E-state index in [0.717, 1.165) is 5.69 Å². The highest BCUT2D eigenvalue weighted by Gasteiger charge is 2.20. The molecule has 0 aliphatic heterocycles. The van der Waals surface area contributed by atoms with Crippen molar-refractivity contribution in [3.63, 3.8) is 0 Å². The molecule has 0 unspecified atom stereocenters. The highest BCUT2D eigenvalue weighted by molar-refractivity contribution is 6.35. The van der Waals surface area contributed by atoms with Crippen LogP contribution < -0.4 is 0 Å². The first-order chi connectivity index (χ1) is 9.58. The van der Waals surface area contributed by atoms with Crippen LogP contribution in [0.5, 0.6) is 0 Å². The van der Waals surface area contributed by atoms with Crippen LogP contribution in [0.15, 0.2) is 30.3 Å². The van der Waals surface area contributed by atoms with Crippen LogP contribution in [0.1, 0.15) is 28.7 Å². The average Bonchev–Trinajstić information content (AvgIpc) is 2.74. The number of benzene rings is 1. The Labute approximate surface area is 127 Å². The summed E-state index contributed by atoms with van der Waals surface area (Å²) >= 11 is 12.1. The molecule has 1 aromatic carbocycles. The molecule has 0 amide bonds. The Morgan fingerprint density at radius 2 is 2.10 bits per heavy atom. The maximum Gasteiger partial charge on any atom is 0.210 e. The van der Waals surface area contributed by atoms with Crippen molar-refractivity contribution in [2.24, 2.45) is 0 Å². The van der Waals surface area contributed by atoms with Gasteiger partial charge in [0.2, 0.25) is 5.78 Å². The van der Waals surface area contributed by atoms with Gasteiger partial charge in [0.1, 0.15) is 5.69 Å². The second-order valence-corrected chi connectivity index (χ2v) is 5.09. The van der Waals surface area contributed by atoms with Crippen molar-refractivity contribution in [3.05, 3.63) is 57.3 Å². The molecule has 0 radical (unpaired) electrons. The number of hydrogen-bond donors (Lipinski definition) is 0. The van der Waals surface area contributed by atoms with Crippen molar-refractivity contribution in [2.75, 3.05) is 0 Å². The number of carbonyl (C=O) groups is 1. The maximum absolute atomic E-state index is 12.6. The zero-order valence-electron chi connectivity index (χ0n) is 10.9. The Morgan fingerprint density at radius 1 is 1.35 bits per heavy atom. The lowest BCUT2D eigenvalue weighted by atomic mass is 10.1. The highest BCUT2D eigenvalue weighted by atomic mass is 35.5. The molecule has 2 rings (SSSR count). The third-order valence-corrected chi connectivity index (χ3v) is 3.54. The quantitative estimate of drug-likeness (QED) is 0.798. The number of nitrogens with zero attached hydrogens (tertiary/aromatic N) is 2. The predicted octanol–water partition coefficient (Wildman–Crippen LogP) is 4.11. The first-order valence-electron chi connectivity index (χ1n) is 6.13. The molecule has 5 heteroatoms. The molecule has 1 heterocycles. The molecule has 102 valence electrons. The third kappa shape index (κ3) is 2.72. The fraction of sp³-hybridized carbons (Fsp3) is 0.200. The van der Waals surface area contributed by atoms with E-state index in [4.69, 9.17) is 28.5 Å². The summed E-state index contributed by atoms with van der Waals surface area (Å²) in [4.78, 5) is 12.6. The Balaban J connectivity index is 2.52. The zero-order chi connectivity index (χ0) is 14.7.